The zero-order valence-electron chi connectivity index (χ0n) is 14.3. The number of hydrogen-bond acceptors (Lipinski definition) is 2. The highest BCUT2D eigenvalue weighted by Crippen LogP contribution is 2.29. The van der Waals surface area contributed by atoms with Crippen LogP contribution in [0.1, 0.15) is 36.1 Å². The fourth-order valence-electron chi connectivity index (χ4n) is 3.12. The van der Waals surface area contributed by atoms with Gasteiger partial charge in [-0.05, 0) is 48.6 Å². The number of aryl methyl sites for hydroxylation is 1. The highest BCUT2D eigenvalue weighted by atomic mass is 16.1. The van der Waals surface area contributed by atoms with Crippen LogP contribution in [0.2, 0.25) is 0 Å². The van der Waals surface area contributed by atoms with Crippen molar-refractivity contribution < 1.29 is 4.79 Å². The second kappa shape index (κ2) is 7.35. The molecule has 0 bridgehead atoms. The average molecular weight is 320 g/mol. The summed E-state index contributed by atoms with van der Waals surface area (Å²) in [6.07, 6.45) is 5.78. The van der Waals surface area contributed by atoms with Crippen molar-refractivity contribution in [2.45, 2.75) is 25.8 Å². The van der Waals surface area contributed by atoms with E-state index in [2.05, 4.69) is 35.5 Å². The molecule has 2 aromatic rings. The van der Waals surface area contributed by atoms with E-state index in [4.69, 9.17) is 0 Å². The van der Waals surface area contributed by atoms with Gasteiger partial charge in [-0.2, -0.15) is 0 Å². The van der Waals surface area contributed by atoms with Crippen LogP contribution in [0.4, 0.5) is 5.69 Å². The molecule has 0 aromatic heterocycles. The number of anilines is 1. The molecule has 0 aliphatic carbocycles. The Labute approximate surface area is 144 Å². The molecule has 1 aliphatic heterocycles. The third-order valence-electron chi connectivity index (χ3n) is 4.55. The van der Waals surface area contributed by atoms with Gasteiger partial charge in [-0.15, -0.1) is 0 Å². The maximum absolute atomic E-state index is 12.1. The molecule has 1 heterocycles. The molecule has 1 amide bonds. The zero-order chi connectivity index (χ0) is 16.9. The van der Waals surface area contributed by atoms with Gasteiger partial charge in [0.25, 0.3) is 0 Å². The van der Waals surface area contributed by atoms with E-state index in [9.17, 15) is 4.79 Å². The first-order valence-corrected chi connectivity index (χ1v) is 8.51. The van der Waals surface area contributed by atoms with Crippen LogP contribution in [0, 0.1) is 0 Å². The molecule has 0 fully saturated rings. The lowest BCUT2D eigenvalue weighted by Gasteiger charge is -2.28. The molecule has 0 saturated heterocycles. The minimum Gasteiger partial charge on any atom is -0.374 e. The Morgan fingerprint density at radius 2 is 2.00 bits per heavy atom. The smallest absolute Gasteiger partial charge is 0.244 e. The molecular formula is C21H24N2O. The first kappa shape index (κ1) is 16.3. The van der Waals surface area contributed by atoms with Gasteiger partial charge < -0.3 is 10.2 Å². The summed E-state index contributed by atoms with van der Waals surface area (Å²) in [6, 6.07) is 16.4. The Morgan fingerprint density at radius 1 is 1.21 bits per heavy atom. The van der Waals surface area contributed by atoms with Crippen molar-refractivity contribution in [2.24, 2.45) is 0 Å². The molecule has 3 rings (SSSR count). The summed E-state index contributed by atoms with van der Waals surface area (Å²) in [5, 5.41) is 3.04. The number of amides is 1. The largest absolute Gasteiger partial charge is 0.374 e. The van der Waals surface area contributed by atoms with Crippen LogP contribution in [0.5, 0.6) is 0 Å². The maximum Gasteiger partial charge on any atom is 0.244 e. The molecule has 0 saturated carbocycles. The predicted molar refractivity (Wildman–Crippen MR) is 100 cm³/mol. The predicted octanol–water partition coefficient (Wildman–Crippen LogP) is 3.96. The number of benzene rings is 2. The van der Waals surface area contributed by atoms with Crippen molar-refractivity contribution in [2.75, 3.05) is 18.5 Å². The number of hydrogen-bond donors (Lipinski definition) is 1. The first-order valence-electron chi connectivity index (χ1n) is 8.51. The van der Waals surface area contributed by atoms with Crippen LogP contribution in [0.25, 0.3) is 6.08 Å². The van der Waals surface area contributed by atoms with E-state index in [1.165, 1.54) is 17.7 Å². The normalized spacial score (nSPS) is 15.2. The van der Waals surface area contributed by atoms with E-state index in [1.54, 1.807) is 6.08 Å². The molecule has 3 heteroatoms. The quantitative estimate of drug-likeness (QED) is 0.865. The Hall–Kier alpha value is -2.55. The summed E-state index contributed by atoms with van der Waals surface area (Å²) in [5.74, 6) is -0.0718. The van der Waals surface area contributed by atoms with E-state index >= 15 is 0 Å². The fourth-order valence-corrected chi connectivity index (χ4v) is 3.12. The van der Waals surface area contributed by atoms with E-state index in [-0.39, 0.29) is 11.9 Å². The van der Waals surface area contributed by atoms with Crippen LogP contribution in [0.3, 0.4) is 0 Å². The van der Waals surface area contributed by atoms with Gasteiger partial charge in [0.2, 0.25) is 5.91 Å². The van der Waals surface area contributed by atoms with Crippen LogP contribution < -0.4 is 10.2 Å². The number of nitrogens with one attached hydrogen (secondary N) is 1. The maximum atomic E-state index is 12.1. The number of rotatable bonds is 4. The van der Waals surface area contributed by atoms with Gasteiger partial charge in [-0.25, -0.2) is 0 Å². The Balaban J connectivity index is 1.66. The lowest BCUT2D eigenvalue weighted by atomic mass is 9.97. The van der Waals surface area contributed by atoms with E-state index in [1.807, 2.05) is 43.3 Å². The third-order valence-corrected chi connectivity index (χ3v) is 4.55. The standard InChI is InChI=1S/C21H24N2O/c1-16(22-21(24)13-10-17-7-4-3-5-8-17)19-12-11-18-9-6-14-23(2)20(18)15-19/h3-5,7-8,10-13,15-16H,6,9,14H2,1-2H3,(H,22,24). The lowest BCUT2D eigenvalue weighted by molar-refractivity contribution is -0.117. The van der Waals surface area contributed by atoms with Gasteiger partial charge in [0.1, 0.15) is 0 Å². The molecule has 1 atom stereocenters. The first-order chi connectivity index (χ1) is 11.6. The second-order valence-electron chi connectivity index (χ2n) is 6.39. The molecule has 3 nitrogen and oxygen atoms in total. The molecule has 2 aromatic carbocycles. The molecule has 0 spiro atoms. The SMILES string of the molecule is CC(NC(=O)C=Cc1ccccc1)c1ccc2c(c1)N(C)CCC2. The van der Waals surface area contributed by atoms with E-state index < -0.39 is 0 Å². The van der Waals surface area contributed by atoms with Gasteiger partial charge in [-0.1, -0.05) is 42.5 Å². The summed E-state index contributed by atoms with van der Waals surface area (Å²) >= 11 is 0. The summed E-state index contributed by atoms with van der Waals surface area (Å²) in [6.45, 7) is 3.12. The summed E-state index contributed by atoms with van der Waals surface area (Å²) in [4.78, 5) is 14.4. The molecule has 1 aliphatic rings. The molecule has 1 unspecified atom stereocenters. The zero-order valence-corrected chi connectivity index (χ0v) is 14.3. The van der Waals surface area contributed by atoms with Crippen LogP contribution >= 0.6 is 0 Å². The van der Waals surface area contributed by atoms with E-state index in [0.29, 0.717) is 0 Å². The highest BCUT2D eigenvalue weighted by Gasteiger charge is 2.16. The van der Waals surface area contributed by atoms with Crippen LogP contribution in [-0.2, 0) is 11.2 Å². The number of fused-ring (bicyclic) bond motifs is 1. The monoisotopic (exact) mass is 320 g/mol. The van der Waals surface area contributed by atoms with Crippen molar-refractivity contribution in [3.05, 3.63) is 71.3 Å². The van der Waals surface area contributed by atoms with Gasteiger partial charge in [0, 0.05) is 25.4 Å². The minimum atomic E-state index is -0.0718. The summed E-state index contributed by atoms with van der Waals surface area (Å²) in [5.41, 5.74) is 4.86. The molecule has 124 valence electrons. The van der Waals surface area contributed by atoms with Gasteiger partial charge in [0.05, 0.1) is 6.04 Å². The molecule has 24 heavy (non-hydrogen) atoms. The molecule has 0 radical (unpaired) electrons. The Bertz CT molecular complexity index is 737. The van der Waals surface area contributed by atoms with Crippen molar-refractivity contribution >= 4 is 17.7 Å². The highest BCUT2D eigenvalue weighted by molar-refractivity contribution is 5.92. The van der Waals surface area contributed by atoms with Crippen molar-refractivity contribution in [3.63, 3.8) is 0 Å². The van der Waals surface area contributed by atoms with Crippen LogP contribution in [0.15, 0.2) is 54.6 Å². The van der Waals surface area contributed by atoms with Gasteiger partial charge in [-0.3, -0.25) is 4.79 Å². The van der Waals surface area contributed by atoms with Crippen molar-refractivity contribution in [1.82, 2.24) is 5.32 Å². The molecule has 1 N–H and O–H groups in total. The van der Waals surface area contributed by atoms with Crippen molar-refractivity contribution in [3.8, 4) is 0 Å². The molecular weight excluding hydrogens is 296 g/mol. The third kappa shape index (κ3) is 3.85. The Kier molecular flexibility index (Phi) is 4.99. The summed E-state index contributed by atoms with van der Waals surface area (Å²) in [7, 11) is 2.13. The number of carbonyl (C=O) groups excluding carboxylic acids is 1. The topological polar surface area (TPSA) is 32.3 Å². The fraction of sp³-hybridized carbons (Fsp3) is 0.286. The number of carbonyl (C=O) groups is 1. The van der Waals surface area contributed by atoms with Crippen molar-refractivity contribution in [1.29, 1.82) is 0 Å². The van der Waals surface area contributed by atoms with E-state index in [0.717, 1.165) is 24.1 Å². The number of nitrogens with zero attached hydrogens (tertiary/aromatic N) is 1. The second-order valence-corrected chi connectivity index (χ2v) is 6.39. The Morgan fingerprint density at radius 3 is 2.79 bits per heavy atom. The summed E-state index contributed by atoms with van der Waals surface area (Å²) < 4.78 is 0. The van der Waals surface area contributed by atoms with Gasteiger partial charge >= 0.3 is 0 Å². The minimum absolute atomic E-state index is 0.0152. The average Bonchev–Trinajstić information content (AvgIpc) is 2.61. The van der Waals surface area contributed by atoms with Gasteiger partial charge in [0.15, 0.2) is 0 Å². The lowest BCUT2D eigenvalue weighted by Crippen LogP contribution is -2.27. The van der Waals surface area contributed by atoms with Crippen LogP contribution in [-0.4, -0.2) is 19.5 Å².